The first-order chi connectivity index (χ1) is 8.65. The molecule has 1 aromatic carbocycles. The highest BCUT2D eigenvalue weighted by Crippen LogP contribution is 2.30. The van der Waals surface area contributed by atoms with Gasteiger partial charge in [-0.1, -0.05) is 25.1 Å². The van der Waals surface area contributed by atoms with E-state index in [0.29, 0.717) is 12.1 Å². The van der Waals surface area contributed by atoms with Crippen LogP contribution in [0, 0.1) is 0 Å². The van der Waals surface area contributed by atoms with Crippen molar-refractivity contribution in [2.24, 2.45) is 5.73 Å². The van der Waals surface area contributed by atoms with Crippen molar-refractivity contribution in [3.8, 4) is 0 Å². The lowest BCUT2D eigenvalue weighted by Crippen LogP contribution is -2.37. The first kappa shape index (κ1) is 13.4. The van der Waals surface area contributed by atoms with Gasteiger partial charge in [0, 0.05) is 25.4 Å². The fraction of sp³-hybridized carbons (Fsp3) is 0.600. The third-order valence-electron chi connectivity index (χ3n) is 3.99. The van der Waals surface area contributed by atoms with Crippen molar-refractivity contribution in [2.75, 3.05) is 18.6 Å². The number of para-hydroxylation sites is 1. The van der Waals surface area contributed by atoms with Crippen LogP contribution in [0.15, 0.2) is 24.3 Å². The molecule has 0 bridgehead atoms. The highest BCUT2D eigenvalue weighted by atomic mass is 16.5. The highest BCUT2D eigenvalue weighted by Gasteiger charge is 2.29. The topological polar surface area (TPSA) is 38.5 Å². The number of nitrogens with two attached hydrogens (primary N) is 1. The second-order valence-electron chi connectivity index (χ2n) is 5.12. The first-order valence-electron chi connectivity index (χ1n) is 6.84. The molecular weight excluding hydrogens is 224 g/mol. The van der Waals surface area contributed by atoms with Crippen molar-refractivity contribution >= 4 is 5.69 Å². The van der Waals surface area contributed by atoms with Crippen molar-refractivity contribution < 1.29 is 4.74 Å². The number of benzene rings is 1. The molecular formula is C15H24N2O. The summed E-state index contributed by atoms with van der Waals surface area (Å²) in [6.07, 6.45) is 2.34. The molecule has 0 amide bonds. The summed E-state index contributed by atoms with van der Waals surface area (Å²) in [6.45, 7) is 5.14. The molecule has 0 radical (unpaired) electrons. The van der Waals surface area contributed by atoms with E-state index in [4.69, 9.17) is 10.5 Å². The average molecular weight is 248 g/mol. The van der Waals surface area contributed by atoms with Crippen LogP contribution in [0.5, 0.6) is 0 Å². The Hall–Kier alpha value is -1.06. The van der Waals surface area contributed by atoms with Crippen LogP contribution in [0.25, 0.3) is 0 Å². The van der Waals surface area contributed by atoms with Gasteiger partial charge in [0.2, 0.25) is 0 Å². The molecule has 1 aromatic rings. The standard InChI is InChI=1S/C15H24N2O/c1-4-13(16)12-7-5-6-8-15(12)17(3)14-9-10-18-11(14)2/h5-8,11,13-14H,4,9-10,16H2,1-3H3/t11?,13-,14?/m1/s1. The number of hydrogen-bond acceptors (Lipinski definition) is 3. The van der Waals surface area contributed by atoms with Crippen LogP contribution in [-0.2, 0) is 4.74 Å². The van der Waals surface area contributed by atoms with E-state index in [-0.39, 0.29) is 6.04 Å². The minimum Gasteiger partial charge on any atom is -0.376 e. The Morgan fingerprint density at radius 3 is 2.78 bits per heavy atom. The van der Waals surface area contributed by atoms with Gasteiger partial charge in [-0.2, -0.15) is 0 Å². The van der Waals surface area contributed by atoms with E-state index >= 15 is 0 Å². The lowest BCUT2D eigenvalue weighted by Gasteiger charge is -2.31. The summed E-state index contributed by atoms with van der Waals surface area (Å²) in [5.41, 5.74) is 8.69. The van der Waals surface area contributed by atoms with Gasteiger partial charge in [-0.05, 0) is 31.4 Å². The van der Waals surface area contributed by atoms with Gasteiger partial charge >= 0.3 is 0 Å². The number of ether oxygens (including phenoxy) is 1. The molecule has 18 heavy (non-hydrogen) atoms. The molecule has 0 aliphatic carbocycles. The Labute approximate surface area is 110 Å². The Kier molecular flexibility index (Phi) is 4.25. The first-order valence-corrected chi connectivity index (χ1v) is 6.84. The third kappa shape index (κ3) is 2.52. The van der Waals surface area contributed by atoms with E-state index in [0.717, 1.165) is 19.4 Å². The maximum absolute atomic E-state index is 6.21. The van der Waals surface area contributed by atoms with Crippen LogP contribution >= 0.6 is 0 Å². The Bertz CT molecular complexity index is 394. The summed E-state index contributed by atoms with van der Waals surface area (Å²) in [6, 6.07) is 9.02. The molecule has 1 aliphatic heterocycles. The van der Waals surface area contributed by atoms with Gasteiger partial charge < -0.3 is 15.4 Å². The highest BCUT2D eigenvalue weighted by molar-refractivity contribution is 5.55. The molecule has 1 heterocycles. The summed E-state index contributed by atoms with van der Waals surface area (Å²) in [7, 11) is 2.15. The van der Waals surface area contributed by atoms with Crippen molar-refractivity contribution in [3.05, 3.63) is 29.8 Å². The molecule has 1 saturated heterocycles. The maximum Gasteiger partial charge on any atom is 0.0750 e. The van der Waals surface area contributed by atoms with E-state index in [2.05, 4.69) is 50.1 Å². The molecule has 3 nitrogen and oxygen atoms in total. The fourth-order valence-electron chi connectivity index (χ4n) is 2.75. The van der Waals surface area contributed by atoms with Crippen molar-refractivity contribution in [2.45, 2.75) is 44.9 Å². The number of rotatable bonds is 4. The Morgan fingerprint density at radius 1 is 1.44 bits per heavy atom. The lowest BCUT2D eigenvalue weighted by molar-refractivity contribution is 0.118. The molecule has 0 aromatic heterocycles. The average Bonchev–Trinajstić information content (AvgIpc) is 2.83. The second-order valence-corrected chi connectivity index (χ2v) is 5.12. The van der Waals surface area contributed by atoms with Gasteiger partial charge in [-0.3, -0.25) is 0 Å². The number of anilines is 1. The van der Waals surface area contributed by atoms with Crippen molar-refractivity contribution in [1.82, 2.24) is 0 Å². The smallest absolute Gasteiger partial charge is 0.0750 e. The Balaban J connectivity index is 2.26. The van der Waals surface area contributed by atoms with Gasteiger partial charge in [-0.25, -0.2) is 0 Å². The molecule has 2 unspecified atom stereocenters. The normalized spacial score (nSPS) is 25.1. The minimum absolute atomic E-state index is 0.112. The van der Waals surface area contributed by atoms with E-state index in [9.17, 15) is 0 Å². The summed E-state index contributed by atoms with van der Waals surface area (Å²) in [5, 5.41) is 0. The molecule has 100 valence electrons. The molecule has 2 rings (SSSR count). The van der Waals surface area contributed by atoms with Gasteiger partial charge in [0.1, 0.15) is 0 Å². The predicted octanol–water partition coefficient (Wildman–Crippen LogP) is 2.71. The molecule has 1 fully saturated rings. The van der Waals surface area contributed by atoms with Crippen LogP contribution in [0.4, 0.5) is 5.69 Å². The van der Waals surface area contributed by atoms with E-state index in [1.54, 1.807) is 0 Å². The van der Waals surface area contributed by atoms with Gasteiger partial charge in [-0.15, -0.1) is 0 Å². The van der Waals surface area contributed by atoms with E-state index < -0.39 is 0 Å². The molecule has 0 spiro atoms. The van der Waals surface area contributed by atoms with Crippen LogP contribution in [-0.4, -0.2) is 25.8 Å². The van der Waals surface area contributed by atoms with Crippen LogP contribution in [0.3, 0.4) is 0 Å². The van der Waals surface area contributed by atoms with Gasteiger partial charge in [0.25, 0.3) is 0 Å². The third-order valence-corrected chi connectivity index (χ3v) is 3.99. The molecule has 1 aliphatic rings. The fourth-order valence-corrected chi connectivity index (χ4v) is 2.75. The summed E-state index contributed by atoms with van der Waals surface area (Å²) < 4.78 is 5.66. The number of likely N-dealkylation sites (N-methyl/N-ethyl adjacent to an activating group) is 1. The molecule has 2 N–H and O–H groups in total. The van der Waals surface area contributed by atoms with E-state index in [1.165, 1.54) is 11.3 Å². The largest absolute Gasteiger partial charge is 0.376 e. The molecule has 0 saturated carbocycles. The Morgan fingerprint density at radius 2 is 2.17 bits per heavy atom. The molecule has 3 heteroatoms. The second kappa shape index (κ2) is 5.72. The van der Waals surface area contributed by atoms with Crippen LogP contribution in [0.2, 0.25) is 0 Å². The molecule has 3 atom stereocenters. The summed E-state index contributed by atoms with van der Waals surface area (Å²) >= 11 is 0. The van der Waals surface area contributed by atoms with Gasteiger partial charge in [0.15, 0.2) is 0 Å². The lowest BCUT2D eigenvalue weighted by atomic mass is 10.0. The number of hydrogen-bond donors (Lipinski definition) is 1. The minimum atomic E-state index is 0.112. The van der Waals surface area contributed by atoms with Crippen LogP contribution in [0.1, 0.15) is 38.3 Å². The van der Waals surface area contributed by atoms with Crippen molar-refractivity contribution in [3.63, 3.8) is 0 Å². The van der Waals surface area contributed by atoms with E-state index in [1.807, 2.05) is 0 Å². The van der Waals surface area contributed by atoms with Gasteiger partial charge in [0.05, 0.1) is 12.1 Å². The van der Waals surface area contributed by atoms with Crippen molar-refractivity contribution in [1.29, 1.82) is 0 Å². The number of nitrogens with zero attached hydrogens (tertiary/aromatic N) is 1. The zero-order valence-electron chi connectivity index (χ0n) is 11.6. The maximum atomic E-state index is 6.21. The quantitative estimate of drug-likeness (QED) is 0.890. The predicted molar refractivity (Wildman–Crippen MR) is 75.9 cm³/mol. The monoisotopic (exact) mass is 248 g/mol. The summed E-state index contributed by atoms with van der Waals surface area (Å²) in [5.74, 6) is 0. The SMILES string of the molecule is CC[C@@H](N)c1ccccc1N(C)C1CCOC1C. The summed E-state index contributed by atoms with van der Waals surface area (Å²) in [4.78, 5) is 2.34. The zero-order chi connectivity index (χ0) is 13.1. The van der Waals surface area contributed by atoms with Crippen LogP contribution < -0.4 is 10.6 Å². The zero-order valence-corrected chi connectivity index (χ0v) is 11.6.